The molecule has 2 aromatic carbocycles. The minimum absolute atomic E-state index is 0.0772. The summed E-state index contributed by atoms with van der Waals surface area (Å²) < 4.78 is 0. The highest BCUT2D eigenvalue weighted by atomic mass is 16.1. The predicted molar refractivity (Wildman–Crippen MR) is 78.4 cm³/mol. The topological polar surface area (TPSA) is 20.3 Å². The van der Waals surface area contributed by atoms with Crippen LogP contribution < -0.4 is 0 Å². The number of rotatable bonds is 4. The predicted octanol–water partition coefficient (Wildman–Crippen LogP) is 3.54. The van der Waals surface area contributed by atoms with Crippen LogP contribution in [0.5, 0.6) is 0 Å². The molecule has 1 atom stereocenters. The lowest BCUT2D eigenvalue weighted by Crippen LogP contribution is -2.17. The molecule has 0 spiro atoms. The van der Waals surface area contributed by atoms with Gasteiger partial charge in [0.05, 0.1) is 0 Å². The lowest BCUT2D eigenvalue weighted by Gasteiger charge is -2.20. The largest absolute Gasteiger partial charge is 0.303 e. The molecule has 0 aliphatic carbocycles. The van der Waals surface area contributed by atoms with Crippen LogP contribution in [0.25, 0.3) is 0 Å². The number of hydrogen-bond acceptors (Lipinski definition) is 2. The van der Waals surface area contributed by atoms with Gasteiger partial charge in [0.1, 0.15) is 0 Å². The first kappa shape index (κ1) is 13.5. The van der Waals surface area contributed by atoms with Gasteiger partial charge >= 0.3 is 0 Å². The highest BCUT2D eigenvalue weighted by molar-refractivity contribution is 6.09. The van der Waals surface area contributed by atoms with Gasteiger partial charge in [-0.25, -0.2) is 0 Å². The van der Waals surface area contributed by atoms with Crippen LogP contribution in [-0.4, -0.2) is 24.8 Å². The summed E-state index contributed by atoms with van der Waals surface area (Å²) in [7, 11) is 4.08. The van der Waals surface area contributed by atoms with Crippen molar-refractivity contribution < 1.29 is 4.79 Å². The molecule has 2 rings (SSSR count). The van der Waals surface area contributed by atoms with Gasteiger partial charge in [-0.3, -0.25) is 4.79 Å². The Bertz CT molecular complexity index is 560. The average molecular weight is 253 g/mol. The summed E-state index contributed by atoms with van der Waals surface area (Å²) >= 11 is 0. The zero-order valence-corrected chi connectivity index (χ0v) is 11.6. The van der Waals surface area contributed by atoms with Crippen molar-refractivity contribution >= 4 is 5.78 Å². The minimum atomic E-state index is 0.0772. The monoisotopic (exact) mass is 253 g/mol. The molecule has 0 unspecified atom stereocenters. The van der Waals surface area contributed by atoms with E-state index in [0.29, 0.717) is 6.04 Å². The summed E-state index contributed by atoms with van der Waals surface area (Å²) in [5.41, 5.74) is 2.64. The zero-order chi connectivity index (χ0) is 13.8. The van der Waals surface area contributed by atoms with Gasteiger partial charge in [-0.05, 0) is 32.6 Å². The Balaban J connectivity index is 2.31. The van der Waals surface area contributed by atoms with E-state index in [4.69, 9.17) is 0 Å². The number of carbonyl (C=O) groups excluding carboxylic acids is 1. The first-order valence-corrected chi connectivity index (χ1v) is 6.45. The summed E-state index contributed by atoms with van der Waals surface area (Å²) in [5.74, 6) is 0.0772. The maximum atomic E-state index is 12.4. The van der Waals surface area contributed by atoms with Crippen LogP contribution in [-0.2, 0) is 0 Å². The van der Waals surface area contributed by atoms with Crippen molar-refractivity contribution in [2.24, 2.45) is 0 Å². The lowest BCUT2D eigenvalue weighted by molar-refractivity contribution is 0.103. The van der Waals surface area contributed by atoms with Crippen molar-refractivity contribution in [1.82, 2.24) is 4.90 Å². The minimum Gasteiger partial charge on any atom is -0.303 e. The summed E-state index contributed by atoms with van der Waals surface area (Å²) in [6, 6.07) is 17.6. The molecular weight excluding hydrogens is 234 g/mol. The van der Waals surface area contributed by atoms with Crippen LogP contribution in [0.2, 0.25) is 0 Å². The highest BCUT2D eigenvalue weighted by Gasteiger charge is 2.12. The molecule has 0 saturated heterocycles. The van der Waals surface area contributed by atoms with Crippen molar-refractivity contribution in [3.05, 3.63) is 71.3 Å². The fourth-order valence-corrected chi connectivity index (χ4v) is 1.99. The van der Waals surface area contributed by atoms with E-state index in [1.165, 1.54) is 0 Å². The molecule has 0 amide bonds. The van der Waals surface area contributed by atoms with Crippen molar-refractivity contribution in [1.29, 1.82) is 0 Å². The second kappa shape index (κ2) is 5.81. The molecule has 0 N–H and O–H groups in total. The normalized spacial score (nSPS) is 12.4. The molecule has 19 heavy (non-hydrogen) atoms. The summed E-state index contributed by atoms with van der Waals surface area (Å²) in [6.45, 7) is 2.13. The summed E-state index contributed by atoms with van der Waals surface area (Å²) in [6.07, 6.45) is 0. The third-order valence-electron chi connectivity index (χ3n) is 3.44. The molecule has 0 saturated carbocycles. The molecule has 2 aromatic rings. The van der Waals surface area contributed by atoms with Gasteiger partial charge < -0.3 is 4.90 Å². The molecule has 0 fully saturated rings. The van der Waals surface area contributed by atoms with Crippen LogP contribution in [0.3, 0.4) is 0 Å². The molecule has 0 heterocycles. The molecule has 2 nitrogen and oxygen atoms in total. The van der Waals surface area contributed by atoms with E-state index >= 15 is 0 Å². The standard InChI is InChI=1S/C17H19NO/c1-13(18(2)3)15-10-7-11-16(12-15)17(19)14-8-5-4-6-9-14/h4-13H,1-3H3/t13-/m0/s1. The summed E-state index contributed by atoms with van der Waals surface area (Å²) in [4.78, 5) is 14.5. The van der Waals surface area contributed by atoms with Crippen LogP contribution in [0, 0.1) is 0 Å². The number of nitrogens with zero attached hydrogens (tertiary/aromatic N) is 1. The number of benzene rings is 2. The van der Waals surface area contributed by atoms with Crippen molar-refractivity contribution in [3.8, 4) is 0 Å². The lowest BCUT2D eigenvalue weighted by atomic mass is 9.99. The van der Waals surface area contributed by atoms with Crippen LogP contribution in [0.4, 0.5) is 0 Å². The Morgan fingerprint density at radius 3 is 2.21 bits per heavy atom. The Hall–Kier alpha value is -1.93. The molecule has 0 aliphatic rings. The first-order valence-electron chi connectivity index (χ1n) is 6.45. The van der Waals surface area contributed by atoms with E-state index in [0.717, 1.165) is 16.7 Å². The quantitative estimate of drug-likeness (QED) is 0.777. The van der Waals surface area contributed by atoms with Crippen LogP contribution in [0.15, 0.2) is 54.6 Å². The van der Waals surface area contributed by atoms with E-state index in [-0.39, 0.29) is 5.78 Å². The fourth-order valence-electron chi connectivity index (χ4n) is 1.99. The maximum absolute atomic E-state index is 12.4. The van der Waals surface area contributed by atoms with Crippen LogP contribution in [0.1, 0.15) is 34.5 Å². The molecule has 0 radical (unpaired) electrons. The molecule has 98 valence electrons. The smallest absolute Gasteiger partial charge is 0.193 e. The molecular formula is C17H19NO. The van der Waals surface area contributed by atoms with Gasteiger partial charge in [-0.15, -0.1) is 0 Å². The Morgan fingerprint density at radius 2 is 1.58 bits per heavy atom. The van der Waals surface area contributed by atoms with E-state index in [1.807, 2.05) is 62.6 Å². The van der Waals surface area contributed by atoms with Gasteiger partial charge in [0.15, 0.2) is 5.78 Å². The van der Waals surface area contributed by atoms with E-state index in [2.05, 4.69) is 17.9 Å². The number of ketones is 1. The second-order valence-corrected chi connectivity index (χ2v) is 4.96. The first-order chi connectivity index (χ1) is 9.09. The maximum Gasteiger partial charge on any atom is 0.193 e. The average Bonchev–Trinajstić information content (AvgIpc) is 2.46. The van der Waals surface area contributed by atoms with E-state index in [1.54, 1.807) is 0 Å². The Kier molecular flexibility index (Phi) is 4.13. The van der Waals surface area contributed by atoms with E-state index < -0.39 is 0 Å². The Morgan fingerprint density at radius 1 is 0.947 bits per heavy atom. The highest BCUT2D eigenvalue weighted by Crippen LogP contribution is 2.20. The third kappa shape index (κ3) is 3.09. The van der Waals surface area contributed by atoms with Crippen LogP contribution >= 0.6 is 0 Å². The Labute approximate surface area is 114 Å². The molecule has 0 aliphatic heterocycles. The molecule has 0 aromatic heterocycles. The van der Waals surface area contributed by atoms with Crippen molar-refractivity contribution in [2.45, 2.75) is 13.0 Å². The SMILES string of the molecule is C[C@@H](c1cccc(C(=O)c2ccccc2)c1)N(C)C. The molecule has 2 heteroatoms. The number of hydrogen-bond donors (Lipinski definition) is 0. The van der Waals surface area contributed by atoms with E-state index in [9.17, 15) is 4.79 Å². The van der Waals surface area contributed by atoms with Crippen molar-refractivity contribution in [2.75, 3.05) is 14.1 Å². The van der Waals surface area contributed by atoms with Gasteiger partial charge in [-0.1, -0.05) is 48.5 Å². The third-order valence-corrected chi connectivity index (χ3v) is 3.44. The van der Waals surface area contributed by atoms with Gasteiger partial charge in [-0.2, -0.15) is 0 Å². The van der Waals surface area contributed by atoms with Gasteiger partial charge in [0.2, 0.25) is 0 Å². The van der Waals surface area contributed by atoms with Gasteiger partial charge in [0.25, 0.3) is 0 Å². The fraction of sp³-hybridized carbons (Fsp3) is 0.235. The zero-order valence-electron chi connectivity index (χ0n) is 11.6. The molecule has 0 bridgehead atoms. The number of carbonyl (C=O) groups is 1. The second-order valence-electron chi connectivity index (χ2n) is 4.96. The summed E-state index contributed by atoms with van der Waals surface area (Å²) in [5, 5.41) is 0. The van der Waals surface area contributed by atoms with Crippen molar-refractivity contribution in [3.63, 3.8) is 0 Å². The van der Waals surface area contributed by atoms with Gasteiger partial charge in [0, 0.05) is 17.2 Å².